The second-order valence-electron chi connectivity index (χ2n) is 9.94. The van der Waals surface area contributed by atoms with Crippen LogP contribution in [0.1, 0.15) is 72.8 Å². The number of rotatable bonds is 13. The van der Waals surface area contributed by atoms with Gasteiger partial charge in [-0.1, -0.05) is 40.7 Å². The number of hydrogen-bond acceptors (Lipinski definition) is 9. The zero-order chi connectivity index (χ0) is 27.6. The van der Waals surface area contributed by atoms with Crippen LogP contribution in [0.2, 0.25) is 0 Å². The van der Waals surface area contributed by atoms with Crippen LogP contribution in [0.3, 0.4) is 0 Å². The molecule has 0 saturated carbocycles. The van der Waals surface area contributed by atoms with E-state index in [0.717, 1.165) is 0 Å². The van der Waals surface area contributed by atoms with Gasteiger partial charge in [0, 0.05) is 18.8 Å². The summed E-state index contributed by atoms with van der Waals surface area (Å²) in [6, 6.07) is 3.06. The smallest absolute Gasteiger partial charge is 0.480 e. The SMILES string of the molecule is CC(C)CC(=O)Oc1ccc(C(C(C)COC(=O)OC(C)C)[C@H](N)C(=O)O)cc1OC(=O)CC(C)C. The van der Waals surface area contributed by atoms with Crippen LogP contribution in [-0.4, -0.2) is 47.9 Å². The first kappa shape index (κ1) is 30.9. The Morgan fingerprint density at radius 3 is 1.86 bits per heavy atom. The minimum atomic E-state index is -1.36. The molecule has 202 valence electrons. The highest BCUT2D eigenvalue weighted by Crippen LogP contribution is 2.36. The Morgan fingerprint density at radius 2 is 1.39 bits per heavy atom. The van der Waals surface area contributed by atoms with E-state index in [-0.39, 0.29) is 48.9 Å². The highest BCUT2D eigenvalue weighted by atomic mass is 16.7. The Bertz CT molecular complexity index is 911. The van der Waals surface area contributed by atoms with Gasteiger partial charge in [0.25, 0.3) is 0 Å². The lowest BCUT2D eigenvalue weighted by atomic mass is 9.82. The Morgan fingerprint density at radius 1 is 0.861 bits per heavy atom. The van der Waals surface area contributed by atoms with E-state index in [1.165, 1.54) is 12.1 Å². The summed E-state index contributed by atoms with van der Waals surface area (Å²) in [7, 11) is 0. The van der Waals surface area contributed by atoms with Crippen LogP contribution in [0, 0.1) is 17.8 Å². The second-order valence-corrected chi connectivity index (χ2v) is 9.94. The van der Waals surface area contributed by atoms with Crippen molar-refractivity contribution < 1.29 is 43.2 Å². The third-order valence-corrected chi connectivity index (χ3v) is 5.03. The van der Waals surface area contributed by atoms with Gasteiger partial charge in [0.2, 0.25) is 0 Å². The van der Waals surface area contributed by atoms with Crippen molar-refractivity contribution in [2.24, 2.45) is 23.5 Å². The maximum Gasteiger partial charge on any atom is 0.508 e. The molecule has 10 nitrogen and oxygen atoms in total. The number of carboxylic acids is 1. The molecule has 0 aromatic heterocycles. The van der Waals surface area contributed by atoms with Crippen molar-refractivity contribution in [3.63, 3.8) is 0 Å². The molecule has 2 unspecified atom stereocenters. The van der Waals surface area contributed by atoms with Gasteiger partial charge in [-0.2, -0.15) is 0 Å². The van der Waals surface area contributed by atoms with Crippen molar-refractivity contribution in [1.29, 1.82) is 0 Å². The van der Waals surface area contributed by atoms with Crippen LogP contribution in [0.5, 0.6) is 11.5 Å². The van der Waals surface area contributed by atoms with Crippen molar-refractivity contribution in [2.45, 2.75) is 79.4 Å². The van der Waals surface area contributed by atoms with Gasteiger partial charge in [-0.05, 0) is 49.3 Å². The van der Waals surface area contributed by atoms with Crippen LogP contribution in [0.15, 0.2) is 18.2 Å². The summed E-state index contributed by atoms with van der Waals surface area (Å²) in [5.41, 5.74) is 6.42. The number of carbonyl (C=O) groups is 4. The fraction of sp³-hybridized carbons (Fsp3) is 0.615. The average Bonchev–Trinajstić information content (AvgIpc) is 2.72. The number of ether oxygens (including phenoxy) is 4. The molecule has 0 aliphatic heterocycles. The number of carbonyl (C=O) groups excluding carboxylic acids is 3. The Hall–Kier alpha value is -3.14. The lowest BCUT2D eigenvalue weighted by Crippen LogP contribution is -2.40. The average molecular weight is 510 g/mol. The molecule has 0 amide bonds. The lowest BCUT2D eigenvalue weighted by molar-refractivity contribution is -0.139. The van der Waals surface area contributed by atoms with Gasteiger partial charge in [0.05, 0.1) is 12.7 Å². The number of benzene rings is 1. The van der Waals surface area contributed by atoms with Crippen LogP contribution in [-0.2, 0) is 23.9 Å². The molecule has 1 aromatic rings. The van der Waals surface area contributed by atoms with Crippen molar-refractivity contribution in [2.75, 3.05) is 6.61 Å². The molecule has 0 spiro atoms. The van der Waals surface area contributed by atoms with E-state index >= 15 is 0 Å². The summed E-state index contributed by atoms with van der Waals surface area (Å²) in [5, 5.41) is 9.62. The maximum absolute atomic E-state index is 12.4. The van der Waals surface area contributed by atoms with Gasteiger partial charge in [0.15, 0.2) is 11.5 Å². The van der Waals surface area contributed by atoms with Crippen LogP contribution < -0.4 is 15.2 Å². The Labute approximate surface area is 212 Å². The fourth-order valence-corrected chi connectivity index (χ4v) is 3.46. The quantitative estimate of drug-likeness (QED) is 0.291. The molecule has 3 atom stereocenters. The van der Waals surface area contributed by atoms with Crippen molar-refractivity contribution in [1.82, 2.24) is 0 Å². The van der Waals surface area contributed by atoms with Crippen LogP contribution in [0.25, 0.3) is 0 Å². The summed E-state index contributed by atoms with van der Waals surface area (Å²) in [4.78, 5) is 48.3. The molecule has 10 heteroatoms. The van der Waals surface area contributed by atoms with E-state index < -0.39 is 41.9 Å². The number of carboxylic acid groups (broad SMARTS) is 1. The first-order valence-corrected chi connectivity index (χ1v) is 12.1. The second kappa shape index (κ2) is 14.4. The van der Waals surface area contributed by atoms with E-state index in [1.54, 1.807) is 26.8 Å². The molecule has 0 radical (unpaired) electrons. The van der Waals surface area contributed by atoms with E-state index in [1.807, 2.05) is 27.7 Å². The van der Waals surface area contributed by atoms with Crippen molar-refractivity contribution >= 4 is 24.1 Å². The van der Waals surface area contributed by atoms with Gasteiger partial charge >= 0.3 is 24.1 Å². The molecule has 1 aromatic carbocycles. The summed E-state index contributed by atoms with van der Waals surface area (Å²) in [6.07, 6.45) is -0.965. The predicted octanol–water partition coefficient (Wildman–Crippen LogP) is 4.28. The van der Waals surface area contributed by atoms with E-state index in [9.17, 15) is 24.3 Å². The third kappa shape index (κ3) is 10.6. The Balaban J connectivity index is 3.34. The number of esters is 2. The van der Waals surface area contributed by atoms with Crippen molar-refractivity contribution in [3.05, 3.63) is 23.8 Å². The molecule has 3 N–H and O–H groups in total. The lowest BCUT2D eigenvalue weighted by Gasteiger charge is -2.28. The molecular formula is C26H39NO9. The fourth-order valence-electron chi connectivity index (χ4n) is 3.46. The highest BCUT2D eigenvalue weighted by molar-refractivity contribution is 5.77. The summed E-state index contributed by atoms with van der Waals surface area (Å²) in [6.45, 7) is 12.3. The van der Waals surface area contributed by atoms with E-state index in [2.05, 4.69) is 0 Å². The minimum Gasteiger partial charge on any atom is -0.480 e. The van der Waals surface area contributed by atoms with Gasteiger partial charge in [0.1, 0.15) is 6.04 Å². The monoisotopic (exact) mass is 509 g/mol. The van der Waals surface area contributed by atoms with Gasteiger partial charge in [-0.15, -0.1) is 0 Å². The molecule has 36 heavy (non-hydrogen) atoms. The van der Waals surface area contributed by atoms with Crippen LogP contribution >= 0.6 is 0 Å². The number of nitrogens with two attached hydrogens (primary N) is 1. The highest BCUT2D eigenvalue weighted by Gasteiger charge is 2.33. The first-order valence-electron chi connectivity index (χ1n) is 12.1. The summed E-state index contributed by atoms with van der Waals surface area (Å²) >= 11 is 0. The molecule has 0 bridgehead atoms. The largest absolute Gasteiger partial charge is 0.508 e. The molecular weight excluding hydrogens is 470 g/mol. The minimum absolute atomic E-state index is 0.0230. The zero-order valence-electron chi connectivity index (χ0n) is 22.1. The summed E-state index contributed by atoms with van der Waals surface area (Å²) in [5.74, 6) is -3.57. The Kier molecular flexibility index (Phi) is 12.4. The van der Waals surface area contributed by atoms with Gasteiger partial charge in [-0.3, -0.25) is 14.4 Å². The van der Waals surface area contributed by atoms with Gasteiger partial charge in [-0.25, -0.2) is 4.79 Å². The van der Waals surface area contributed by atoms with Gasteiger partial charge < -0.3 is 29.8 Å². The summed E-state index contributed by atoms with van der Waals surface area (Å²) < 4.78 is 21.0. The standard InChI is InChI=1S/C26H39NO9/c1-14(2)10-21(28)35-19-9-8-18(12-20(19)36-22(29)11-15(3)4)23(24(27)25(30)31)17(7)13-33-26(32)34-16(5)6/h8-9,12,14-17,23-24H,10-11,13,27H2,1-7H3,(H,30,31)/t17?,23?,24-/m0/s1. The zero-order valence-corrected chi connectivity index (χ0v) is 22.1. The number of aliphatic carboxylic acids is 1. The van der Waals surface area contributed by atoms with Crippen molar-refractivity contribution in [3.8, 4) is 11.5 Å². The molecule has 1 rings (SSSR count). The normalized spacial score (nSPS) is 13.8. The molecule has 0 saturated heterocycles. The third-order valence-electron chi connectivity index (χ3n) is 5.03. The molecule has 0 fully saturated rings. The molecule has 0 heterocycles. The number of hydrogen-bond donors (Lipinski definition) is 2. The maximum atomic E-state index is 12.4. The topological polar surface area (TPSA) is 151 Å². The van der Waals surface area contributed by atoms with Crippen LogP contribution in [0.4, 0.5) is 4.79 Å². The molecule has 0 aliphatic carbocycles. The van der Waals surface area contributed by atoms with E-state index in [4.69, 9.17) is 24.7 Å². The molecule has 0 aliphatic rings. The van der Waals surface area contributed by atoms with E-state index in [0.29, 0.717) is 5.56 Å². The predicted molar refractivity (Wildman–Crippen MR) is 132 cm³/mol. The first-order chi connectivity index (χ1) is 16.7.